The van der Waals surface area contributed by atoms with Crippen molar-refractivity contribution in [2.45, 2.75) is 18.9 Å². The van der Waals surface area contributed by atoms with E-state index in [2.05, 4.69) is 56.3 Å². The number of piperidine rings is 1. The Kier molecular flexibility index (Phi) is 7.43. The number of benzene rings is 1. The van der Waals surface area contributed by atoms with Crippen LogP contribution in [0.2, 0.25) is 5.02 Å². The number of rotatable bonds is 6. The fourth-order valence-electron chi connectivity index (χ4n) is 4.42. The lowest BCUT2D eigenvalue weighted by molar-refractivity contribution is -0.126. The quantitative estimate of drug-likeness (QED) is 0.746. The van der Waals surface area contributed by atoms with E-state index in [-0.39, 0.29) is 17.9 Å². The van der Waals surface area contributed by atoms with Crippen LogP contribution in [0.5, 0.6) is 0 Å². The second-order valence-electron chi connectivity index (χ2n) is 8.67. The summed E-state index contributed by atoms with van der Waals surface area (Å²) < 4.78 is 0. The second kappa shape index (κ2) is 10.4. The van der Waals surface area contributed by atoms with Gasteiger partial charge in [-0.3, -0.25) is 9.69 Å². The maximum Gasteiger partial charge on any atom is 0.223 e. The normalized spacial score (nSPS) is 19.9. The van der Waals surface area contributed by atoms with Crippen molar-refractivity contribution in [2.75, 3.05) is 57.8 Å². The van der Waals surface area contributed by atoms with Gasteiger partial charge < -0.3 is 15.1 Å². The summed E-state index contributed by atoms with van der Waals surface area (Å²) in [6.45, 7) is 6.77. The molecule has 0 bridgehead atoms. The van der Waals surface area contributed by atoms with Crippen LogP contribution in [0.15, 0.2) is 48.7 Å². The Bertz CT molecular complexity index is 831. The highest BCUT2D eigenvalue weighted by Gasteiger charge is 2.28. The molecule has 1 atom stereocenters. The molecule has 7 heteroatoms. The van der Waals surface area contributed by atoms with E-state index >= 15 is 0 Å². The van der Waals surface area contributed by atoms with Gasteiger partial charge in [0.15, 0.2) is 0 Å². The fraction of sp³-hybridized carbons (Fsp3) is 0.500. The lowest BCUT2D eigenvalue weighted by atomic mass is 9.95. The first-order valence-corrected chi connectivity index (χ1v) is 11.6. The lowest BCUT2D eigenvalue weighted by Crippen LogP contribution is -2.49. The third-order valence-electron chi connectivity index (χ3n) is 6.46. The van der Waals surface area contributed by atoms with Crippen LogP contribution in [0.25, 0.3) is 0 Å². The zero-order chi connectivity index (χ0) is 21.6. The Hall–Kier alpha value is -2.15. The van der Waals surface area contributed by atoms with Crippen LogP contribution in [-0.4, -0.2) is 73.6 Å². The average Bonchev–Trinajstić information content (AvgIpc) is 2.81. The summed E-state index contributed by atoms with van der Waals surface area (Å²) in [7, 11) is 2.17. The van der Waals surface area contributed by atoms with Crippen molar-refractivity contribution in [3.8, 4) is 0 Å². The molecule has 166 valence electrons. The zero-order valence-electron chi connectivity index (χ0n) is 18.2. The average molecular weight is 442 g/mol. The maximum absolute atomic E-state index is 13.2. The summed E-state index contributed by atoms with van der Waals surface area (Å²) >= 11 is 5.95. The molecule has 31 heavy (non-hydrogen) atoms. The number of aromatic nitrogens is 1. The molecule has 2 aromatic rings. The van der Waals surface area contributed by atoms with Gasteiger partial charge in [0, 0.05) is 57.9 Å². The minimum Gasteiger partial charge on any atom is -0.357 e. The molecule has 1 unspecified atom stereocenters. The number of nitrogens with zero attached hydrogens (tertiary/aromatic N) is 4. The van der Waals surface area contributed by atoms with Gasteiger partial charge in [-0.05, 0) is 37.6 Å². The van der Waals surface area contributed by atoms with E-state index in [9.17, 15) is 4.79 Å². The van der Waals surface area contributed by atoms with E-state index in [1.807, 2.05) is 18.2 Å². The van der Waals surface area contributed by atoms with Crippen molar-refractivity contribution in [1.29, 1.82) is 0 Å². The molecule has 0 aliphatic carbocycles. The molecule has 2 fully saturated rings. The molecular formula is C24H32ClN5O. The highest BCUT2D eigenvalue weighted by atomic mass is 35.5. The second-order valence-corrected chi connectivity index (χ2v) is 9.11. The molecule has 2 aliphatic heterocycles. The minimum absolute atomic E-state index is 0.0214. The van der Waals surface area contributed by atoms with Crippen LogP contribution in [0.3, 0.4) is 0 Å². The molecule has 1 aromatic heterocycles. The SMILES string of the molecule is CN1CCN(CC(NC(=O)C2CCN(c3ccc(Cl)cn3)CC2)c2ccccc2)CC1. The molecule has 0 spiro atoms. The van der Waals surface area contributed by atoms with E-state index in [0.29, 0.717) is 5.02 Å². The van der Waals surface area contributed by atoms with Crippen molar-refractivity contribution in [3.05, 3.63) is 59.2 Å². The first-order valence-electron chi connectivity index (χ1n) is 11.2. The van der Waals surface area contributed by atoms with E-state index in [0.717, 1.165) is 64.5 Å². The lowest BCUT2D eigenvalue weighted by Gasteiger charge is -2.36. The van der Waals surface area contributed by atoms with Crippen molar-refractivity contribution in [2.24, 2.45) is 5.92 Å². The number of hydrogen-bond donors (Lipinski definition) is 1. The standard InChI is InChI=1S/C24H32ClN5O/c1-28-13-15-29(16-14-28)18-22(19-5-3-2-4-6-19)27-24(31)20-9-11-30(12-10-20)23-8-7-21(25)17-26-23/h2-8,17,20,22H,9-16,18H2,1H3,(H,27,31). The largest absolute Gasteiger partial charge is 0.357 e. The number of piperazine rings is 1. The summed E-state index contributed by atoms with van der Waals surface area (Å²) in [5.74, 6) is 1.15. The number of carbonyl (C=O) groups excluding carboxylic acids is 1. The van der Waals surface area contributed by atoms with E-state index in [1.54, 1.807) is 6.20 Å². The highest BCUT2D eigenvalue weighted by molar-refractivity contribution is 6.30. The Morgan fingerprint density at radius 2 is 1.77 bits per heavy atom. The highest BCUT2D eigenvalue weighted by Crippen LogP contribution is 2.24. The fourth-order valence-corrected chi connectivity index (χ4v) is 4.54. The topological polar surface area (TPSA) is 51.7 Å². The van der Waals surface area contributed by atoms with E-state index in [4.69, 9.17) is 11.6 Å². The predicted molar refractivity (Wildman–Crippen MR) is 125 cm³/mol. The van der Waals surface area contributed by atoms with Crippen LogP contribution in [0.1, 0.15) is 24.4 Å². The molecule has 3 heterocycles. The van der Waals surface area contributed by atoms with Gasteiger partial charge in [0.05, 0.1) is 11.1 Å². The van der Waals surface area contributed by atoms with Gasteiger partial charge in [-0.2, -0.15) is 0 Å². The van der Waals surface area contributed by atoms with Gasteiger partial charge in [-0.25, -0.2) is 4.98 Å². The van der Waals surface area contributed by atoms with Crippen LogP contribution >= 0.6 is 11.6 Å². The first-order chi connectivity index (χ1) is 15.1. The van der Waals surface area contributed by atoms with Crippen LogP contribution in [-0.2, 0) is 4.79 Å². The first kappa shape index (κ1) is 22.1. The van der Waals surface area contributed by atoms with Crippen molar-refractivity contribution in [3.63, 3.8) is 0 Å². The van der Waals surface area contributed by atoms with Gasteiger partial charge in [0.2, 0.25) is 5.91 Å². The molecule has 2 aliphatic rings. The van der Waals surface area contributed by atoms with Gasteiger partial charge in [0.1, 0.15) is 5.82 Å². The summed E-state index contributed by atoms with van der Waals surface area (Å²) in [5.41, 5.74) is 1.18. The van der Waals surface area contributed by atoms with Gasteiger partial charge >= 0.3 is 0 Å². The number of nitrogens with one attached hydrogen (secondary N) is 1. The molecular weight excluding hydrogens is 410 g/mol. The Balaban J connectivity index is 1.35. The smallest absolute Gasteiger partial charge is 0.223 e. The monoisotopic (exact) mass is 441 g/mol. The van der Waals surface area contributed by atoms with E-state index < -0.39 is 0 Å². The Morgan fingerprint density at radius 3 is 2.42 bits per heavy atom. The molecule has 1 amide bonds. The van der Waals surface area contributed by atoms with E-state index in [1.165, 1.54) is 5.56 Å². The summed E-state index contributed by atoms with van der Waals surface area (Å²) in [4.78, 5) is 24.6. The van der Waals surface area contributed by atoms with Crippen LogP contribution in [0, 0.1) is 5.92 Å². The summed E-state index contributed by atoms with van der Waals surface area (Å²) in [6, 6.07) is 14.2. The molecule has 1 aromatic carbocycles. The van der Waals surface area contributed by atoms with Crippen molar-refractivity contribution in [1.82, 2.24) is 20.1 Å². The van der Waals surface area contributed by atoms with Crippen molar-refractivity contribution < 1.29 is 4.79 Å². The predicted octanol–water partition coefficient (Wildman–Crippen LogP) is 3.06. The summed E-state index contributed by atoms with van der Waals surface area (Å²) in [6.07, 6.45) is 3.36. The molecule has 4 rings (SSSR count). The Morgan fingerprint density at radius 1 is 1.06 bits per heavy atom. The third kappa shape index (κ3) is 5.97. The number of hydrogen-bond acceptors (Lipinski definition) is 5. The number of amides is 1. The zero-order valence-corrected chi connectivity index (χ0v) is 19.0. The number of anilines is 1. The Labute approximate surface area is 190 Å². The number of halogens is 1. The molecule has 6 nitrogen and oxygen atoms in total. The molecule has 1 N–H and O–H groups in total. The third-order valence-corrected chi connectivity index (χ3v) is 6.68. The minimum atomic E-state index is 0.0214. The molecule has 0 radical (unpaired) electrons. The number of pyridine rings is 1. The van der Waals surface area contributed by atoms with Gasteiger partial charge in [0.25, 0.3) is 0 Å². The number of likely N-dealkylation sites (N-methyl/N-ethyl adjacent to an activating group) is 1. The van der Waals surface area contributed by atoms with Gasteiger partial charge in [-0.15, -0.1) is 0 Å². The molecule has 0 saturated carbocycles. The van der Waals surface area contributed by atoms with Crippen molar-refractivity contribution >= 4 is 23.3 Å². The van der Waals surface area contributed by atoms with Gasteiger partial charge in [-0.1, -0.05) is 41.9 Å². The summed E-state index contributed by atoms with van der Waals surface area (Å²) in [5, 5.41) is 4.02. The van der Waals surface area contributed by atoms with Crippen LogP contribution < -0.4 is 10.2 Å². The molecule has 2 saturated heterocycles. The number of carbonyl (C=O) groups is 1. The maximum atomic E-state index is 13.2. The van der Waals surface area contributed by atoms with Crippen LogP contribution in [0.4, 0.5) is 5.82 Å².